The van der Waals surface area contributed by atoms with E-state index in [9.17, 15) is 22.8 Å². The molecular formula is C26H29F3N2O4. The number of piperidine rings is 2. The number of fused-ring (bicyclic) bond motifs is 1. The summed E-state index contributed by atoms with van der Waals surface area (Å²) in [5, 5.41) is 0. The molecule has 188 valence electrons. The number of halogens is 3. The molecule has 0 bridgehead atoms. The zero-order valence-electron chi connectivity index (χ0n) is 19.8. The number of benzene rings is 2. The molecule has 6 nitrogen and oxygen atoms in total. The molecule has 0 aromatic heterocycles. The van der Waals surface area contributed by atoms with E-state index in [1.54, 1.807) is 37.3 Å². The molecule has 9 heteroatoms. The summed E-state index contributed by atoms with van der Waals surface area (Å²) < 4.78 is 49.3. The number of methoxy groups -OCH3 is 2. The number of carbonyl (C=O) groups excluding carboxylic acids is 2. The quantitative estimate of drug-likeness (QED) is 0.606. The molecule has 2 aliphatic heterocycles. The molecule has 4 rings (SSSR count). The standard InChI is InChI=1S/C26H29F3N2O4/c1-34-21-8-9-23(35-2)19(13-21)14-25(33)30-12-11-22-18(16-30)5-10-24(32)31(22)15-17-3-6-20(7-4-17)26(27,28)29/h3-4,6-9,13,18,22H,5,10-12,14-16H2,1-2H3/t18-,22+/m1/s1. The molecule has 0 radical (unpaired) electrons. The lowest BCUT2D eigenvalue weighted by atomic mass is 9.83. The van der Waals surface area contributed by atoms with Gasteiger partial charge < -0.3 is 19.3 Å². The van der Waals surface area contributed by atoms with E-state index in [0.29, 0.717) is 49.4 Å². The number of ether oxygens (including phenoxy) is 2. The van der Waals surface area contributed by atoms with Crippen LogP contribution in [0.2, 0.25) is 0 Å². The molecule has 2 aromatic carbocycles. The van der Waals surface area contributed by atoms with Gasteiger partial charge in [-0.25, -0.2) is 0 Å². The van der Waals surface area contributed by atoms with Crippen molar-refractivity contribution >= 4 is 11.8 Å². The number of hydrogen-bond donors (Lipinski definition) is 0. The molecule has 2 heterocycles. The van der Waals surface area contributed by atoms with Crippen LogP contribution in [0.1, 0.15) is 36.0 Å². The van der Waals surface area contributed by atoms with E-state index in [0.717, 1.165) is 17.7 Å². The number of alkyl halides is 3. The highest BCUT2D eigenvalue weighted by Gasteiger charge is 2.40. The van der Waals surface area contributed by atoms with Gasteiger partial charge in [0.1, 0.15) is 11.5 Å². The highest BCUT2D eigenvalue weighted by Crippen LogP contribution is 2.34. The topological polar surface area (TPSA) is 59.1 Å². The van der Waals surface area contributed by atoms with Gasteiger partial charge in [0.15, 0.2) is 0 Å². The Morgan fingerprint density at radius 3 is 2.46 bits per heavy atom. The van der Waals surface area contributed by atoms with Crippen molar-refractivity contribution in [3.63, 3.8) is 0 Å². The molecule has 0 aliphatic carbocycles. The summed E-state index contributed by atoms with van der Waals surface area (Å²) in [7, 11) is 3.13. The fraction of sp³-hybridized carbons (Fsp3) is 0.462. The van der Waals surface area contributed by atoms with Crippen molar-refractivity contribution in [1.29, 1.82) is 0 Å². The molecule has 2 amide bonds. The number of amides is 2. The second-order valence-corrected chi connectivity index (χ2v) is 9.07. The van der Waals surface area contributed by atoms with Crippen LogP contribution in [-0.4, -0.2) is 55.0 Å². The average molecular weight is 491 g/mol. The largest absolute Gasteiger partial charge is 0.497 e. The third-order valence-electron chi connectivity index (χ3n) is 6.96. The van der Waals surface area contributed by atoms with Crippen molar-refractivity contribution in [2.24, 2.45) is 5.92 Å². The fourth-order valence-corrected chi connectivity index (χ4v) is 5.07. The third-order valence-corrected chi connectivity index (χ3v) is 6.96. The Labute approximate surface area is 202 Å². The van der Waals surface area contributed by atoms with E-state index in [1.807, 2.05) is 4.90 Å². The van der Waals surface area contributed by atoms with Crippen LogP contribution in [0.25, 0.3) is 0 Å². The van der Waals surface area contributed by atoms with Gasteiger partial charge in [0.05, 0.1) is 26.2 Å². The molecule has 2 fully saturated rings. The van der Waals surface area contributed by atoms with Crippen molar-refractivity contribution in [1.82, 2.24) is 9.80 Å². The molecule has 0 N–H and O–H groups in total. The molecule has 2 aromatic rings. The van der Waals surface area contributed by atoms with Crippen LogP contribution in [0.15, 0.2) is 42.5 Å². The zero-order valence-corrected chi connectivity index (χ0v) is 19.8. The Hall–Kier alpha value is -3.23. The van der Waals surface area contributed by atoms with Crippen LogP contribution in [0, 0.1) is 5.92 Å². The molecule has 0 spiro atoms. The van der Waals surface area contributed by atoms with Gasteiger partial charge in [0.2, 0.25) is 11.8 Å². The van der Waals surface area contributed by atoms with Crippen LogP contribution in [0.5, 0.6) is 11.5 Å². The van der Waals surface area contributed by atoms with Gasteiger partial charge >= 0.3 is 6.18 Å². The van der Waals surface area contributed by atoms with E-state index in [1.165, 1.54) is 12.1 Å². The van der Waals surface area contributed by atoms with Gasteiger partial charge in [-0.1, -0.05) is 12.1 Å². The molecule has 2 saturated heterocycles. The van der Waals surface area contributed by atoms with Crippen molar-refractivity contribution in [3.8, 4) is 11.5 Å². The summed E-state index contributed by atoms with van der Waals surface area (Å²) in [5.41, 5.74) is 0.709. The fourth-order valence-electron chi connectivity index (χ4n) is 5.07. The van der Waals surface area contributed by atoms with Crippen molar-refractivity contribution in [2.75, 3.05) is 27.3 Å². The van der Waals surface area contributed by atoms with Gasteiger partial charge in [-0.15, -0.1) is 0 Å². The Morgan fingerprint density at radius 1 is 1.06 bits per heavy atom. The molecule has 0 unspecified atom stereocenters. The predicted molar refractivity (Wildman–Crippen MR) is 123 cm³/mol. The van der Waals surface area contributed by atoms with Crippen LogP contribution < -0.4 is 9.47 Å². The number of carbonyl (C=O) groups is 2. The normalized spacial score (nSPS) is 20.4. The maximum Gasteiger partial charge on any atom is 0.416 e. The zero-order chi connectivity index (χ0) is 25.2. The SMILES string of the molecule is COc1ccc(OC)c(CC(=O)N2CC[C@H]3[C@H](CCC(=O)N3Cc3ccc(C(F)(F)F)cc3)C2)c1. The second-order valence-electron chi connectivity index (χ2n) is 9.07. The lowest BCUT2D eigenvalue weighted by Crippen LogP contribution is -2.56. The average Bonchev–Trinajstić information content (AvgIpc) is 2.85. The highest BCUT2D eigenvalue weighted by atomic mass is 19.4. The Morgan fingerprint density at radius 2 is 1.80 bits per heavy atom. The second kappa shape index (κ2) is 10.2. The van der Waals surface area contributed by atoms with E-state index in [-0.39, 0.29) is 36.7 Å². The first-order chi connectivity index (χ1) is 16.7. The summed E-state index contributed by atoms with van der Waals surface area (Å²) in [6.07, 6.45) is -2.50. The predicted octanol–water partition coefficient (Wildman–Crippen LogP) is 4.30. The molecule has 0 saturated carbocycles. The van der Waals surface area contributed by atoms with Crippen LogP contribution >= 0.6 is 0 Å². The van der Waals surface area contributed by atoms with Crippen LogP contribution in [0.4, 0.5) is 13.2 Å². The molecule has 35 heavy (non-hydrogen) atoms. The molecule has 2 aliphatic rings. The number of nitrogens with zero attached hydrogens (tertiary/aromatic N) is 2. The first-order valence-electron chi connectivity index (χ1n) is 11.6. The number of hydrogen-bond acceptors (Lipinski definition) is 4. The van der Waals surface area contributed by atoms with Crippen LogP contribution in [0.3, 0.4) is 0 Å². The highest BCUT2D eigenvalue weighted by molar-refractivity contribution is 5.80. The van der Waals surface area contributed by atoms with E-state index in [4.69, 9.17) is 9.47 Å². The van der Waals surface area contributed by atoms with Gasteiger partial charge in [-0.3, -0.25) is 9.59 Å². The van der Waals surface area contributed by atoms with Crippen molar-refractivity contribution in [2.45, 2.75) is 44.4 Å². The van der Waals surface area contributed by atoms with E-state index < -0.39 is 11.7 Å². The monoisotopic (exact) mass is 490 g/mol. The van der Waals surface area contributed by atoms with Crippen LogP contribution in [-0.2, 0) is 28.7 Å². The van der Waals surface area contributed by atoms with Gasteiger partial charge in [-0.05, 0) is 54.7 Å². The van der Waals surface area contributed by atoms with E-state index >= 15 is 0 Å². The number of likely N-dealkylation sites (tertiary alicyclic amines) is 2. The van der Waals surface area contributed by atoms with Crippen molar-refractivity contribution < 1.29 is 32.2 Å². The third kappa shape index (κ3) is 5.55. The maximum atomic E-state index is 13.1. The maximum absolute atomic E-state index is 13.1. The minimum Gasteiger partial charge on any atom is -0.497 e. The lowest BCUT2D eigenvalue weighted by Gasteiger charge is -2.47. The molecular weight excluding hydrogens is 461 g/mol. The van der Waals surface area contributed by atoms with Gasteiger partial charge in [0.25, 0.3) is 0 Å². The summed E-state index contributed by atoms with van der Waals surface area (Å²) >= 11 is 0. The first-order valence-corrected chi connectivity index (χ1v) is 11.6. The van der Waals surface area contributed by atoms with E-state index in [2.05, 4.69) is 0 Å². The number of rotatable bonds is 6. The first kappa shape index (κ1) is 24.9. The summed E-state index contributed by atoms with van der Waals surface area (Å²) in [4.78, 5) is 29.4. The lowest BCUT2D eigenvalue weighted by molar-refractivity contribution is -0.145. The van der Waals surface area contributed by atoms with Gasteiger partial charge in [0, 0.05) is 37.7 Å². The summed E-state index contributed by atoms with van der Waals surface area (Å²) in [6, 6.07) is 10.3. The van der Waals surface area contributed by atoms with Gasteiger partial charge in [-0.2, -0.15) is 13.2 Å². The summed E-state index contributed by atoms with van der Waals surface area (Å²) in [5.74, 6) is 1.40. The smallest absolute Gasteiger partial charge is 0.416 e. The Kier molecular flexibility index (Phi) is 7.23. The summed E-state index contributed by atoms with van der Waals surface area (Å²) in [6.45, 7) is 1.34. The minimum absolute atomic E-state index is 0.00652. The van der Waals surface area contributed by atoms with Crippen molar-refractivity contribution in [3.05, 3.63) is 59.2 Å². The minimum atomic E-state index is -4.39. The molecule has 2 atom stereocenters. The Bertz CT molecular complexity index is 1070. The Balaban J connectivity index is 1.42.